The van der Waals surface area contributed by atoms with Crippen LogP contribution in [0.3, 0.4) is 0 Å². The van der Waals surface area contributed by atoms with Gasteiger partial charge in [-0.05, 0) is 37.7 Å². The molecule has 0 N–H and O–H groups in total. The maximum atomic E-state index is 13.2. The lowest BCUT2D eigenvalue weighted by Crippen LogP contribution is -1.99. The van der Waals surface area contributed by atoms with E-state index in [-0.39, 0.29) is 0 Å². The van der Waals surface area contributed by atoms with Gasteiger partial charge in [0.25, 0.3) is 0 Å². The molecule has 1 aromatic heterocycles. The summed E-state index contributed by atoms with van der Waals surface area (Å²) in [5.74, 6) is 1.46. The van der Waals surface area contributed by atoms with Gasteiger partial charge in [0.05, 0.1) is 25.2 Å². The zero-order valence-corrected chi connectivity index (χ0v) is 18.9. The number of nitrogens with zero attached hydrogens (tertiary/aromatic N) is 2. The summed E-state index contributed by atoms with van der Waals surface area (Å²) in [5, 5.41) is 0. The molecule has 1 heterocycles. The van der Waals surface area contributed by atoms with Crippen molar-refractivity contribution in [1.82, 2.24) is 9.97 Å². The predicted molar refractivity (Wildman–Crippen MR) is 124 cm³/mol. The molecule has 0 amide bonds. The molecule has 0 saturated heterocycles. The summed E-state index contributed by atoms with van der Waals surface area (Å²) in [5.41, 5.74) is 2.33. The largest absolute Gasteiger partial charge is 0.490 e. The van der Waals surface area contributed by atoms with E-state index in [9.17, 15) is 4.39 Å². The van der Waals surface area contributed by atoms with Gasteiger partial charge in [0, 0.05) is 5.56 Å². The van der Waals surface area contributed by atoms with Crippen molar-refractivity contribution in [3.63, 3.8) is 0 Å². The molecule has 0 radical (unpaired) electrons. The minimum Gasteiger partial charge on any atom is -0.490 e. The highest BCUT2D eigenvalue weighted by molar-refractivity contribution is 5.55. The first-order chi connectivity index (χ1) is 14.7. The van der Waals surface area contributed by atoms with Crippen LogP contribution in [-0.4, -0.2) is 22.7 Å². The molecule has 4 heteroatoms. The molecule has 0 spiro atoms. The number of halogens is 1. The monoisotopic (exact) mass is 414 g/mol. The van der Waals surface area contributed by atoms with Crippen LogP contribution in [0.25, 0.3) is 11.4 Å². The SMILES string of the molecule is CCCCCCCCOc1cnc(-c2ccc(CCCCCC(F)CC)cc2)nc1. The molecule has 0 aliphatic carbocycles. The predicted octanol–water partition coefficient (Wildman–Crippen LogP) is 7.73. The lowest BCUT2D eigenvalue weighted by atomic mass is 10.0. The van der Waals surface area contributed by atoms with Crippen molar-refractivity contribution in [2.24, 2.45) is 0 Å². The van der Waals surface area contributed by atoms with Crippen molar-refractivity contribution in [3.05, 3.63) is 42.2 Å². The van der Waals surface area contributed by atoms with Crippen LogP contribution >= 0.6 is 0 Å². The molecule has 0 bridgehead atoms. The van der Waals surface area contributed by atoms with Gasteiger partial charge in [0.2, 0.25) is 0 Å². The maximum absolute atomic E-state index is 13.2. The summed E-state index contributed by atoms with van der Waals surface area (Å²) < 4.78 is 19.0. The normalized spacial score (nSPS) is 12.1. The van der Waals surface area contributed by atoms with Gasteiger partial charge in [0.1, 0.15) is 0 Å². The molecule has 0 aliphatic heterocycles. The van der Waals surface area contributed by atoms with Crippen molar-refractivity contribution in [2.75, 3.05) is 6.61 Å². The number of alkyl halides is 1. The minimum atomic E-state index is -0.628. The summed E-state index contributed by atoms with van der Waals surface area (Å²) in [6.07, 6.45) is 16.0. The van der Waals surface area contributed by atoms with E-state index < -0.39 is 6.17 Å². The first-order valence-corrected chi connectivity index (χ1v) is 11.9. The Morgan fingerprint density at radius 3 is 2.20 bits per heavy atom. The molecule has 30 heavy (non-hydrogen) atoms. The first-order valence-electron chi connectivity index (χ1n) is 11.9. The second-order valence-electron chi connectivity index (χ2n) is 8.16. The fourth-order valence-electron chi connectivity index (χ4n) is 3.51. The van der Waals surface area contributed by atoms with E-state index in [1.807, 2.05) is 6.92 Å². The molecular weight excluding hydrogens is 375 g/mol. The third-order valence-electron chi connectivity index (χ3n) is 5.53. The quantitative estimate of drug-likeness (QED) is 0.264. The van der Waals surface area contributed by atoms with E-state index in [4.69, 9.17) is 4.74 Å². The Morgan fingerprint density at radius 1 is 0.833 bits per heavy atom. The van der Waals surface area contributed by atoms with Crippen molar-refractivity contribution in [2.45, 2.75) is 97.1 Å². The number of hydrogen-bond donors (Lipinski definition) is 0. The highest BCUT2D eigenvalue weighted by Gasteiger charge is 2.04. The molecule has 2 aromatic rings. The van der Waals surface area contributed by atoms with Gasteiger partial charge in [-0.3, -0.25) is 0 Å². The van der Waals surface area contributed by atoms with Crippen LogP contribution in [0, 0.1) is 0 Å². The van der Waals surface area contributed by atoms with E-state index in [1.54, 1.807) is 12.4 Å². The Kier molecular flexibility index (Phi) is 12.1. The second kappa shape index (κ2) is 14.9. The van der Waals surface area contributed by atoms with Gasteiger partial charge in [-0.2, -0.15) is 0 Å². The molecule has 2 rings (SSSR count). The molecule has 0 fully saturated rings. The molecule has 1 unspecified atom stereocenters. The fraction of sp³-hybridized carbons (Fsp3) is 0.615. The standard InChI is InChI=1S/C26H39FN2O/c1-3-5-6-7-8-12-19-30-25-20-28-26(29-21-25)23-17-15-22(16-18-23)13-10-9-11-14-24(27)4-2/h15-18,20-21,24H,3-14,19H2,1-2H3. The fourth-order valence-corrected chi connectivity index (χ4v) is 3.51. The summed E-state index contributed by atoms with van der Waals surface area (Å²) in [6.45, 7) is 4.88. The molecule has 1 atom stereocenters. The van der Waals surface area contributed by atoms with Gasteiger partial charge in [-0.25, -0.2) is 14.4 Å². The van der Waals surface area contributed by atoms with Crippen LogP contribution in [-0.2, 0) is 6.42 Å². The van der Waals surface area contributed by atoms with Crippen molar-refractivity contribution < 1.29 is 9.13 Å². The molecule has 0 aliphatic rings. The lowest BCUT2D eigenvalue weighted by molar-refractivity contribution is 0.297. The molecule has 3 nitrogen and oxygen atoms in total. The summed E-state index contributed by atoms with van der Waals surface area (Å²) in [6, 6.07) is 8.45. The summed E-state index contributed by atoms with van der Waals surface area (Å²) in [4.78, 5) is 8.91. The third-order valence-corrected chi connectivity index (χ3v) is 5.53. The highest BCUT2D eigenvalue weighted by Crippen LogP contribution is 2.19. The van der Waals surface area contributed by atoms with Crippen molar-refractivity contribution in [3.8, 4) is 17.1 Å². The Morgan fingerprint density at radius 2 is 1.50 bits per heavy atom. The minimum absolute atomic E-state index is 0.628. The van der Waals surface area contributed by atoms with E-state index >= 15 is 0 Å². The topological polar surface area (TPSA) is 35.0 Å². The Labute approximate surface area is 182 Å². The molecule has 166 valence electrons. The van der Waals surface area contributed by atoms with Crippen LogP contribution in [0.2, 0.25) is 0 Å². The van der Waals surface area contributed by atoms with Crippen LogP contribution < -0.4 is 4.74 Å². The van der Waals surface area contributed by atoms with Crippen molar-refractivity contribution in [1.29, 1.82) is 0 Å². The second-order valence-corrected chi connectivity index (χ2v) is 8.16. The van der Waals surface area contributed by atoms with Crippen LogP contribution in [0.4, 0.5) is 4.39 Å². The van der Waals surface area contributed by atoms with Crippen LogP contribution in [0.5, 0.6) is 5.75 Å². The zero-order valence-electron chi connectivity index (χ0n) is 18.9. The maximum Gasteiger partial charge on any atom is 0.159 e. The summed E-state index contributed by atoms with van der Waals surface area (Å²) in [7, 11) is 0. The van der Waals surface area contributed by atoms with Gasteiger partial charge >= 0.3 is 0 Å². The van der Waals surface area contributed by atoms with E-state index in [2.05, 4.69) is 41.2 Å². The Balaban J connectivity index is 1.68. The molecule has 0 saturated carbocycles. The number of ether oxygens (including phenoxy) is 1. The number of rotatable bonds is 16. The Bertz CT molecular complexity index is 672. The number of aromatic nitrogens is 2. The molecule has 1 aromatic carbocycles. The smallest absolute Gasteiger partial charge is 0.159 e. The average molecular weight is 415 g/mol. The van der Waals surface area contributed by atoms with Gasteiger partial charge in [-0.15, -0.1) is 0 Å². The van der Waals surface area contributed by atoms with E-state index in [1.165, 1.54) is 37.7 Å². The van der Waals surface area contributed by atoms with E-state index in [0.717, 1.165) is 55.8 Å². The van der Waals surface area contributed by atoms with Gasteiger partial charge < -0.3 is 4.74 Å². The highest BCUT2D eigenvalue weighted by atomic mass is 19.1. The van der Waals surface area contributed by atoms with E-state index in [0.29, 0.717) is 12.8 Å². The van der Waals surface area contributed by atoms with Gasteiger partial charge in [0.15, 0.2) is 11.6 Å². The number of unbranched alkanes of at least 4 members (excludes halogenated alkanes) is 7. The number of benzene rings is 1. The number of hydrogen-bond acceptors (Lipinski definition) is 3. The number of aryl methyl sites for hydroxylation is 1. The van der Waals surface area contributed by atoms with Crippen molar-refractivity contribution >= 4 is 0 Å². The van der Waals surface area contributed by atoms with Gasteiger partial charge in [-0.1, -0.05) is 83.1 Å². The molecular formula is C26H39FN2O. The average Bonchev–Trinajstić information content (AvgIpc) is 2.79. The van der Waals surface area contributed by atoms with Crippen LogP contribution in [0.1, 0.15) is 90.0 Å². The third kappa shape index (κ3) is 9.69. The zero-order chi connectivity index (χ0) is 21.4. The van der Waals surface area contributed by atoms with Crippen LogP contribution in [0.15, 0.2) is 36.7 Å². The first kappa shape index (κ1) is 24.3. The summed E-state index contributed by atoms with van der Waals surface area (Å²) >= 11 is 0. The lowest BCUT2D eigenvalue weighted by Gasteiger charge is -2.07. The Hall–Kier alpha value is -1.97.